The zero-order chi connectivity index (χ0) is 19.7. The third-order valence-electron chi connectivity index (χ3n) is 3.66. The fourth-order valence-corrected chi connectivity index (χ4v) is 2.97. The van der Waals surface area contributed by atoms with Gasteiger partial charge >= 0.3 is 0 Å². The number of para-hydroxylation sites is 1. The van der Waals surface area contributed by atoms with Crippen LogP contribution in [-0.2, 0) is 0 Å². The number of anilines is 1. The summed E-state index contributed by atoms with van der Waals surface area (Å²) in [7, 11) is 0. The first-order valence-electron chi connectivity index (χ1n) is 7.59. The monoisotopic (exact) mass is 425 g/mol. The molecule has 0 aliphatic carbocycles. The van der Waals surface area contributed by atoms with Gasteiger partial charge in [0.05, 0.1) is 20.8 Å². The molecule has 1 N–H and O–H groups in total. The molecule has 2 aromatic carbocycles. The van der Waals surface area contributed by atoms with Gasteiger partial charge < -0.3 is 5.32 Å². The van der Waals surface area contributed by atoms with Crippen molar-refractivity contribution in [3.05, 3.63) is 85.0 Å². The minimum absolute atomic E-state index is 0.108. The molecule has 3 aromatic rings. The van der Waals surface area contributed by atoms with Crippen molar-refractivity contribution in [3.63, 3.8) is 0 Å². The van der Waals surface area contributed by atoms with E-state index in [1.54, 1.807) is 13.0 Å². The SMILES string of the molecule is Cc1cc(=O)c(C(=O)Nc2cc(Cl)c(Cl)cc2Cl)nn1-c1ccccc1F. The number of carbonyl (C=O) groups excluding carboxylic acids is 1. The summed E-state index contributed by atoms with van der Waals surface area (Å²) in [5.41, 5.74) is -0.402. The van der Waals surface area contributed by atoms with Crippen molar-refractivity contribution >= 4 is 46.4 Å². The summed E-state index contributed by atoms with van der Waals surface area (Å²) in [6.45, 7) is 1.58. The molecule has 27 heavy (non-hydrogen) atoms. The molecule has 0 fully saturated rings. The second kappa shape index (κ2) is 7.68. The number of carbonyl (C=O) groups is 1. The second-order valence-corrected chi connectivity index (χ2v) is 6.78. The Morgan fingerprint density at radius 1 is 1.07 bits per heavy atom. The normalized spacial score (nSPS) is 10.7. The summed E-state index contributed by atoms with van der Waals surface area (Å²) < 4.78 is 15.3. The number of amides is 1. The van der Waals surface area contributed by atoms with Crippen molar-refractivity contribution in [1.82, 2.24) is 9.78 Å². The summed E-state index contributed by atoms with van der Waals surface area (Å²) in [4.78, 5) is 24.8. The fourth-order valence-electron chi connectivity index (χ4n) is 2.37. The Hall–Kier alpha value is -2.41. The van der Waals surface area contributed by atoms with E-state index in [9.17, 15) is 14.0 Å². The molecule has 0 radical (unpaired) electrons. The average molecular weight is 427 g/mol. The molecule has 1 amide bonds. The van der Waals surface area contributed by atoms with Gasteiger partial charge in [0, 0.05) is 11.8 Å². The molecule has 0 atom stereocenters. The highest BCUT2D eigenvalue weighted by molar-refractivity contribution is 6.44. The highest BCUT2D eigenvalue weighted by Gasteiger charge is 2.18. The van der Waals surface area contributed by atoms with Gasteiger partial charge in [-0.05, 0) is 31.2 Å². The van der Waals surface area contributed by atoms with Crippen LogP contribution in [0.25, 0.3) is 5.69 Å². The maximum absolute atomic E-state index is 14.1. The van der Waals surface area contributed by atoms with Gasteiger partial charge in [-0.3, -0.25) is 9.59 Å². The highest BCUT2D eigenvalue weighted by atomic mass is 35.5. The zero-order valence-electron chi connectivity index (χ0n) is 13.8. The molecular weight excluding hydrogens is 416 g/mol. The van der Waals surface area contributed by atoms with E-state index >= 15 is 0 Å². The maximum atomic E-state index is 14.1. The van der Waals surface area contributed by atoms with Crippen LogP contribution in [0.15, 0.2) is 47.3 Å². The van der Waals surface area contributed by atoms with Gasteiger partial charge in [-0.1, -0.05) is 46.9 Å². The summed E-state index contributed by atoms with van der Waals surface area (Å²) >= 11 is 17.8. The summed E-state index contributed by atoms with van der Waals surface area (Å²) in [5, 5.41) is 7.02. The molecule has 138 valence electrons. The van der Waals surface area contributed by atoms with E-state index in [4.69, 9.17) is 34.8 Å². The third-order valence-corrected chi connectivity index (χ3v) is 4.70. The molecule has 5 nitrogen and oxygen atoms in total. The molecule has 0 saturated heterocycles. The molecule has 1 heterocycles. The van der Waals surface area contributed by atoms with Gasteiger partial charge in [-0.2, -0.15) is 5.10 Å². The van der Waals surface area contributed by atoms with Crippen LogP contribution < -0.4 is 10.7 Å². The van der Waals surface area contributed by atoms with Gasteiger partial charge in [0.1, 0.15) is 11.5 Å². The minimum Gasteiger partial charge on any atom is -0.319 e. The van der Waals surface area contributed by atoms with E-state index in [-0.39, 0.29) is 26.4 Å². The Morgan fingerprint density at radius 3 is 2.44 bits per heavy atom. The predicted octanol–water partition coefficient (Wildman–Crippen LogP) is 4.89. The number of aromatic nitrogens is 2. The quantitative estimate of drug-likeness (QED) is 0.606. The van der Waals surface area contributed by atoms with E-state index in [0.717, 1.165) is 0 Å². The number of halogens is 4. The van der Waals surface area contributed by atoms with Crippen LogP contribution in [0.4, 0.5) is 10.1 Å². The summed E-state index contributed by atoms with van der Waals surface area (Å²) in [6.07, 6.45) is 0. The van der Waals surface area contributed by atoms with Crippen molar-refractivity contribution in [1.29, 1.82) is 0 Å². The maximum Gasteiger partial charge on any atom is 0.280 e. The third kappa shape index (κ3) is 3.98. The Morgan fingerprint density at radius 2 is 1.74 bits per heavy atom. The topological polar surface area (TPSA) is 64.0 Å². The van der Waals surface area contributed by atoms with Crippen LogP contribution >= 0.6 is 34.8 Å². The lowest BCUT2D eigenvalue weighted by Gasteiger charge is -2.12. The van der Waals surface area contributed by atoms with E-state index in [0.29, 0.717) is 5.69 Å². The van der Waals surface area contributed by atoms with E-state index in [2.05, 4.69) is 10.4 Å². The number of nitrogens with zero attached hydrogens (tertiary/aromatic N) is 2. The number of hydrogen-bond donors (Lipinski definition) is 1. The van der Waals surface area contributed by atoms with E-state index in [1.807, 2.05) is 0 Å². The van der Waals surface area contributed by atoms with Crippen molar-refractivity contribution in [3.8, 4) is 5.69 Å². The number of nitrogens with one attached hydrogen (secondary N) is 1. The van der Waals surface area contributed by atoms with Crippen LogP contribution in [0.2, 0.25) is 15.1 Å². The molecule has 0 saturated carbocycles. The molecule has 0 unspecified atom stereocenters. The fraction of sp³-hybridized carbons (Fsp3) is 0.0556. The summed E-state index contributed by atoms with van der Waals surface area (Å²) in [5.74, 6) is -1.36. The van der Waals surface area contributed by atoms with Gasteiger partial charge in [0.15, 0.2) is 5.69 Å². The van der Waals surface area contributed by atoms with Gasteiger partial charge in [0.2, 0.25) is 5.43 Å². The molecule has 3 rings (SSSR count). The standard InChI is InChI=1S/C18H11Cl3FN3O2/c1-9-6-16(26)17(24-25(9)15-5-3-2-4-13(15)22)18(27)23-14-8-11(20)10(19)7-12(14)21/h2-8H,1H3,(H,23,27). The number of rotatable bonds is 3. The van der Waals surface area contributed by atoms with Crippen molar-refractivity contribution in [2.24, 2.45) is 0 Å². The van der Waals surface area contributed by atoms with Crippen LogP contribution in [-0.4, -0.2) is 15.7 Å². The summed E-state index contributed by atoms with van der Waals surface area (Å²) in [6, 6.07) is 9.80. The van der Waals surface area contributed by atoms with Crippen LogP contribution in [0.1, 0.15) is 16.2 Å². The zero-order valence-corrected chi connectivity index (χ0v) is 16.0. The Kier molecular flexibility index (Phi) is 5.51. The van der Waals surface area contributed by atoms with Crippen molar-refractivity contribution in [2.45, 2.75) is 6.92 Å². The lowest BCUT2D eigenvalue weighted by molar-refractivity contribution is 0.101. The van der Waals surface area contributed by atoms with Gasteiger partial charge in [-0.25, -0.2) is 9.07 Å². The van der Waals surface area contributed by atoms with Gasteiger partial charge in [-0.15, -0.1) is 0 Å². The van der Waals surface area contributed by atoms with Crippen molar-refractivity contribution in [2.75, 3.05) is 5.32 Å². The first kappa shape index (κ1) is 19.4. The minimum atomic E-state index is -0.814. The molecule has 0 aliphatic heterocycles. The number of hydrogen-bond acceptors (Lipinski definition) is 3. The van der Waals surface area contributed by atoms with Gasteiger partial charge in [0.25, 0.3) is 5.91 Å². The Bertz CT molecular complexity index is 1120. The highest BCUT2D eigenvalue weighted by Crippen LogP contribution is 2.32. The Labute approximate surface area is 168 Å². The smallest absolute Gasteiger partial charge is 0.280 e. The second-order valence-electron chi connectivity index (χ2n) is 5.56. The molecule has 9 heteroatoms. The van der Waals surface area contributed by atoms with Crippen LogP contribution in [0.3, 0.4) is 0 Å². The largest absolute Gasteiger partial charge is 0.319 e. The predicted molar refractivity (Wildman–Crippen MR) is 104 cm³/mol. The molecule has 0 bridgehead atoms. The first-order valence-corrected chi connectivity index (χ1v) is 8.73. The number of benzene rings is 2. The molecule has 1 aromatic heterocycles. The molecule has 0 spiro atoms. The van der Waals surface area contributed by atoms with E-state index < -0.39 is 22.8 Å². The van der Waals surface area contributed by atoms with Crippen LogP contribution in [0.5, 0.6) is 0 Å². The van der Waals surface area contributed by atoms with Crippen molar-refractivity contribution < 1.29 is 9.18 Å². The average Bonchev–Trinajstić information content (AvgIpc) is 2.60. The Balaban J connectivity index is 2.03. The molecule has 0 aliphatic rings. The number of aryl methyl sites for hydroxylation is 1. The lowest BCUT2D eigenvalue weighted by Crippen LogP contribution is -2.27. The molecular formula is C18H11Cl3FN3O2. The van der Waals surface area contributed by atoms with Crippen LogP contribution in [0, 0.1) is 12.7 Å². The lowest BCUT2D eigenvalue weighted by atomic mass is 10.2. The van der Waals surface area contributed by atoms with E-state index in [1.165, 1.54) is 41.1 Å². The first-order chi connectivity index (χ1) is 12.8.